The van der Waals surface area contributed by atoms with Crippen LogP contribution in [0, 0.1) is 11.3 Å². The number of carbonyl (C=O) groups is 2. The van der Waals surface area contributed by atoms with Crippen LogP contribution in [-0.4, -0.2) is 36.7 Å². The Labute approximate surface area is 113 Å². The highest BCUT2D eigenvalue weighted by Crippen LogP contribution is 2.41. The summed E-state index contributed by atoms with van der Waals surface area (Å²) in [6, 6.07) is 0. The van der Waals surface area contributed by atoms with Crippen molar-refractivity contribution in [1.29, 1.82) is 0 Å². The number of ether oxygens (including phenoxy) is 1. The molecule has 1 saturated heterocycles. The summed E-state index contributed by atoms with van der Waals surface area (Å²) in [4.78, 5) is 23.3. The molecule has 19 heavy (non-hydrogen) atoms. The first-order valence-corrected chi connectivity index (χ1v) is 7.20. The van der Waals surface area contributed by atoms with Crippen LogP contribution in [0.1, 0.15) is 44.9 Å². The molecule has 5 nitrogen and oxygen atoms in total. The van der Waals surface area contributed by atoms with E-state index in [1.54, 1.807) is 0 Å². The van der Waals surface area contributed by atoms with Gasteiger partial charge in [0.15, 0.2) is 0 Å². The lowest BCUT2D eigenvalue weighted by Gasteiger charge is -2.25. The molecule has 2 rings (SSSR count). The summed E-state index contributed by atoms with van der Waals surface area (Å²) in [5.41, 5.74) is -0.812. The van der Waals surface area contributed by atoms with Gasteiger partial charge in [0.05, 0.1) is 12.0 Å². The molecule has 2 N–H and O–H groups in total. The van der Waals surface area contributed by atoms with Crippen molar-refractivity contribution in [3.8, 4) is 0 Å². The number of carboxylic acid groups (broad SMARTS) is 1. The van der Waals surface area contributed by atoms with E-state index in [1.165, 1.54) is 0 Å². The first-order valence-electron chi connectivity index (χ1n) is 7.20. The number of nitrogens with one attached hydrogen (secondary N) is 1. The van der Waals surface area contributed by atoms with Gasteiger partial charge in [-0.05, 0) is 31.6 Å². The number of hydrogen-bond donors (Lipinski definition) is 2. The second-order valence-corrected chi connectivity index (χ2v) is 5.86. The Balaban J connectivity index is 1.78. The number of carboxylic acids is 1. The third-order valence-electron chi connectivity index (χ3n) is 4.36. The molecule has 1 heterocycles. The highest BCUT2D eigenvalue weighted by molar-refractivity contribution is 5.85. The molecule has 0 aromatic rings. The van der Waals surface area contributed by atoms with Gasteiger partial charge in [0.1, 0.15) is 0 Å². The van der Waals surface area contributed by atoms with Gasteiger partial charge < -0.3 is 15.2 Å². The summed E-state index contributed by atoms with van der Waals surface area (Å²) >= 11 is 0. The molecule has 108 valence electrons. The van der Waals surface area contributed by atoms with Gasteiger partial charge in [-0.2, -0.15) is 0 Å². The molecule has 1 unspecified atom stereocenters. The lowest BCUT2D eigenvalue weighted by atomic mass is 9.82. The Morgan fingerprint density at radius 3 is 2.58 bits per heavy atom. The van der Waals surface area contributed by atoms with Crippen molar-refractivity contribution in [2.75, 3.05) is 19.8 Å². The molecule has 0 bridgehead atoms. The van der Waals surface area contributed by atoms with E-state index in [-0.39, 0.29) is 12.3 Å². The summed E-state index contributed by atoms with van der Waals surface area (Å²) in [7, 11) is 0. The van der Waals surface area contributed by atoms with E-state index in [0.717, 1.165) is 32.3 Å². The van der Waals surface area contributed by atoms with Crippen LogP contribution < -0.4 is 5.32 Å². The summed E-state index contributed by atoms with van der Waals surface area (Å²) in [5, 5.41) is 12.2. The zero-order valence-electron chi connectivity index (χ0n) is 11.3. The van der Waals surface area contributed by atoms with Crippen molar-refractivity contribution in [3.05, 3.63) is 0 Å². The van der Waals surface area contributed by atoms with Gasteiger partial charge in [-0.15, -0.1) is 0 Å². The summed E-state index contributed by atoms with van der Waals surface area (Å²) < 4.78 is 5.36. The minimum Gasteiger partial charge on any atom is -0.481 e. The van der Waals surface area contributed by atoms with Crippen LogP contribution in [0.4, 0.5) is 0 Å². The van der Waals surface area contributed by atoms with Crippen LogP contribution in [0.3, 0.4) is 0 Å². The van der Waals surface area contributed by atoms with E-state index in [0.29, 0.717) is 31.9 Å². The minimum atomic E-state index is -0.818. The van der Waals surface area contributed by atoms with Gasteiger partial charge in [-0.1, -0.05) is 12.8 Å². The van der Waals surface area contributed by atoms with E-state index < -0.39 is 11.4 Å². The number of amides is 1. The number of carbonyl (C=O) groups excluding carboxylic acids is 1. The number of hydrogen-bond acceptors (Lipinski definition) is 3. The maximum absolute atomic E-state index is 11.9. The van der Waals surface area contributed by atoms with Gasteiger partial charge in [-0.25, -0.2) is 0 Å². The fraction of sp³-hybridized carbons (Fsp3) is 0.857. The molecule has 1 saturated carbocycles. The van der Waals surface area contributed by atoms with Crippen molar-refractivity contribution in [2.45, 2.75) is 44.9 Å². The molecule has 1 aliphatic carbocycles. The zero-order chi connectivity index (χ0) is 13.7. The van der Waals surface area contributed by atoms with Gasteiger partial charge >= 0.3 is 5.97 Å². The molecule has 0 spiro atoms. The third kappa shape index (κ3) is 3.69. The molecule has 0 aromatic carbocycles. The predicted octanol–water partition coefficient (Wildman–Crippen LogP) is 1.56. The Morgan fingerprint density at radius 2 is 2.00 bits per heavy atom. The molecule has 5 heteroatoms. The molecule has 0 aromatic heterocycles. The third-order valence-corrected chi connectivity index (χ3v) is 4.36. The first-order chi connectivity index (χ1) is 9.12. The van der Waals surface area contributed by atoms with Crippen LogP contribution >= 0.6 is 0 Å². The fourth-order valence-electron chi connectivity index (χ4n) is 3.11. The Kier molecular flexibility index (Phi) is 4.80. The van der Waals surface area contributed by atoms with E-state index >= 15 is 0 Å². The molecule has 1 amide bonds. The second kappa shape index (κ2) is 6.37. The minimum absolute atomic E-state index is 0.121. The molecular formula is C14H23NO4. The van der Waals surface area contributed by atoms with Crippen LogP contribution in [0.25, 0.3) is 0 Å². The Morgan fingerprint density at radius 1 is 1.26 bits per heavy atom. The topological polar surface area (TPSA) is 75.6 Å². The molecular weight excluding hydrogens is 246 g/mol. The largest absolute Gasteiger partial charge is 0.481 e. The zero-order valence-corrected chi connectivity index (χ0v) is 11.3. The van der Waals surface area contributed by atoms with Crippen molar-refractivity contribution in [3.63, 3.8) is 0 Å². The predicted molar refractivity (Wildman–Crippen MR) is 69.7 cm³/mol. The average Bonchev–Trinajstić information content (AvgIpc) is 2.87. The normalized spacial score (nSPS) is 26.0. The van der Waals surface area contributed by atoms with E-state index in [9.17, 15) is 14.7 Å². The SMILES string of the molecule is O=C(CC1(C(=O)O)CCCC1)NCC1CCCOC1. The summed E-state index contributed by atoms with van der Waals surface area (Å²) in [6.45, 7) is 2.12. The summed E-state index contributed by atoms with van der Waals surface area (Å²) in [5.74, 6) is -0.571. The van der Waals surface area contributed by atoms with E-state index in [1.807, 2.05) is 0 Å². The first kappa shape index (κ1) is 14.3. The van der Waals surface area contributed by atoms with Gasteiger partial charge in [0.25, 0.3) is 0 Å². The lowest BCUT2D eigenvalue weighted by molar-refractivity contribution is -0.151. The Bertz CT molecular complexity index is 330. The fourth-order valence-corrected chi connectivity index (χ4v) is 3.11. The second-order valence-electron chi connectivity index (χ2n) is 5.86. The van der Waals surface area contributed by atoms with Crippen LogP contribution in [0.2, 0.25) is 0 Å². The van der Waals surface area contributed by atoms with E-state index in [2.05, 4.69) is 5.32 Å². The Hall–Kier alpha value is -1.10. The molecule has 0 radical (unpaired) electrons. The highest BCUT2D eigenvalue weighted by atomic mass is 16.5. The van der Waals surface area contributed by atoms with Crippen LogP contribution in [0.5, 0.6) is 0 Å². The molecule has 2 aliphatic rings. The molecule has 1 atom stereocenters. The van der Waals surface area contributed by atoms with Crippen molar-refractivity contribution in [1.82, 2.24) is 5.32 Å². The molecule has 2 fully saturated rings. The standard InChI is InChI=1S/C14H23NO4/c16-12(15-9-11-4-3-7-19-10-11)8-14(13(17)18)5-1-2-6-14/h11H,1-10H2,(H,15,16)(H,17,18). The maximum Gasteiger partial charge on any atom is 0.310 e. The van der Waals surface area contributed by atoms with Crippen LogP contribution in [0.15, 0.2) is 0 Å². The monoisotopic (exact) mass is 269 g/mol. The van der Waals surface area contributed by atoms with Gasteiger partial charge in [0.2, 0.25) is 5.91 Å². The smallest absolute Gasteiger partial charge is 0.310 e. The molecule has 1 aliphatic heterocycles. The summed E-state index contributed by atoms with van der Waals surface area (Å²) in [6.07, 6.45) is 5.32. The number of aliphatic carboxylic acids is 1. The maximum atomic E-state index is 11.9. The average molecular weight is 269 g/mol. The number of rotatable bonds is 5. The van der Waals surface area contributed by atoms with Crippen molar-refractivity contribution < 1.29 is 19.4 Å². The van der Waals surface area contributed by atoms with E-state index in [4.69, 9.17) is 4.74 Å². The van der Waals surface area contributed by atoms with Crippen LogP contribution in [-0.2, 0) is 14.3 Å². The van der Waals surface area contributed by atoms with Crippen molar-refractivity contribution >= 4 is 11.9 Å². The quantitative estimate of drug-likeness (QED) is 0.794. The highest BCUT2D eigenvalue weighted by Gasteiger charge is 2.42. The van der Waals surface area contributed by atoms with Gasteiger partial charge in [-0.3, -0.25) is 9.59 Å². The van der Waals surface area contributed by atoms with Gasteiger partial charge in [0, 0.05) is 19.6 Å². The van der Waals surface area contributed by atoms with Crippen molar-refractivity contribution in [2.24, 2.45) is 11.3 Å². The lowest BCUT2D eigenvalue weighted by Crippen LogP contribution is -2.38.